The lowest BCUT2D eigenvalue weighted by Gasteiger charge is -2.10. The summed E-state index contributed by atoms with van der Waals surface area (Å²) in [7, 11) is 0. The standard InChI is InChI=1S/C11H14N2O4/c1-7-8(10(12)15)3-2-4-9(7)13-11(16)17-6-5-14/h2-4,14H,5-6H2,1H3,(H2,12,15)(H,13,16). The van der Waals surface area contributed by atoms with Gasteiger partial charge in [-0.1, -0.05) is 6.07 Å². The van der Waals surface area contributed by atoms with Crippen LogP contribution in [-0.2, 0) is 4.74 Å². The first-order chi connectivity index (χ1) is 8.06. The largest absolute Gasteiger partial charge is 0.447 e. The van der Waals surface area contributed by atoms with Crippen LogP contribution in [0.5, 0.6) is 0 Å². The lowest BCUT2D eigenvalue weighted by Crippen LogP contribution is -2.18. The Morgan fingerprint density at radius 2 is 2.18 bits per heavy atom. The second-order valence-corrected chi connectivity index (χ2v) is 3.33. The first-order valence-electron chi connectivity index (χ1n) is 5.00. The molecule has 0 aliphatic carbocycles. The summed E-state index contributed by atoms with van der Waals surface area (Å²) >= 11 is 0. The van der Waals surface area contributed by atoms with Crippen LogP contribution >= 0.6 is 0 Å². The van der Waals surface area contributed by atoms with E-state index in [1.807, 2.05) is 0 Å². The molecule has 0 spiro atoms. The van der Waals surface area contributed by atoms with Crippen LogP contribution in [0, 0.1) is 6.92 Å². The number of amides is 2. The monoisotopic (exact) mass is 238 g/mol. The van der Waals surface area contributed by atoms with Gasteiger partial charge in [-0.2, -0.15) is 0 Å². The number of benzene rings is 1. The van der Waals surface area contributed by atoms with Crippen molar-refractivity contribution in [1.29, 1.82) is 0 Å². The number of aliphatic hydroxyl groups excluding tert-OH is 1. The maximum atomic E-state index is 11.2. The van der Waals surface area contributed by atoms with E-state index in [1.54, 1.807) is 25.1 Å². The average molecular weight is 238 g/mol. The summed E-state index contributed by atoms with van der Waals surface area (Å²) in [5, 5.41) is 10.9. The predicted molar refractivity (Wildman–Crippen MR) is 61.8 cm³/mol. The Balaban J connectivity index is 2.81. The van der Waals surface area contributed by atoms with Gasteiger partial charge < -0.3 is 15.6 Å². The van der Waals surface area contributed by atoms with Crippen molar-refractivity contribution in [2.45, 2.75) is 6.92 Å². The van der Waals surface area contributed by atoms with E-state index >= 15 is 0 Å². The molecule has 0 bridgehead atoms. The van der Waals surface area contributed by atoms with Crippen LogP contribution in [0.1, 0.15) is 15.9 Å². The van der Waals surface area contributed by atoms with Crippen molar-refractivity contribution in [3.63, 3.8) is 0 Å². The van der Waals surface area contributed by atoms with Gasteiger partial charge in [0.15, 0.2) is 0 Å². The Hall–Kier alpha value is -2.08. The van der Waals surface area contributed by atoms with Crippen LogP contribution in [0.2, 0.25) is 0 Å². The number of primary amides is 1. The maximum absolute atomic E-state index is 11.2. The van der Waals surface area contributed by atoms with Crippen LogP contribution < -0.4 is 11.1 Å². The van der Waals surface area contributed by atoms with E-state index in [0.29, 0.717) is 16.8 Å². The molecule has 0 aliphatic rings. The molecule has 17 heavy (non-hydrogen) atoms. The highest BCUT2D eigenvalue weighted by Crippen LogP contribution is 2.18. The smallest absolute Gasteiger partial charge is 0.411 e. The van der Waals surface area contributed by atoms with Gasteiger partial charge in [0, 0.05) is 11.3 Å². The number of ether oxygens (including phenoxy) is 1. The van der Waals surface area contributed by atoms with E-state index in [2.05, 4.69) is 10.1 Å². The van der Waals surface area contributed by atoms with Crippen LogP contribution in [0.3, 0.4) is 0 Å². The van der Waals surface area contributed by atoms with Gasteiger partial charge in [0.25, 0.3) is 0 Å². The summed E-state index contributed by atoms with van der Waals surface area (Å²) < 4.78 is 4.63. The molecule has 0 aromatic heterocycles. The van der Waals surface area contributed by atoms with E-state index in [0.717, 1.165) is 0 Å². The number of nitrogens with two attached hydrogens (primary N) is 1. The Bertz CT molecular complexity index is 431. The first-order valence-corrected chi connectivity index (χ1v) is 5.00. The molecule has 0 aliphatic heterocycles. The molecule has 0 heterocycles. The zero-order valence-electron chi connectivity index (χ0n) is 9.40. The summed E-state index contributed by atoms with van der Waals surface area (Å²) in [6.07, 6.45) is -0.691. The third kappa shape index (κ3) is 3.46. The minimum absolute atomic E-state index is 0.0829. The summed E-state index contributed by atoms with van der Waals surface area (Å²) in [5.74, 6) is -0.560. The summed E-state index contributed by atoms with van der Waals surface area (Å²) in [6.45, 7) is 1.34. The van der Waals surface area contributed by atoms with Crippen molar-refractivity contribution in [3.8, 4) is 0 Å². The van der Waals surface area contributed by atoms with Crippen LogP contribution in [0.15, 0.2) is 18.2 Å². The highest BCUT2D eigenvalue weighted by atomic mass is 16.6. The molecule has 0 unspecified atom stereocenters. The van der Waals surface area contributed by atoms with Crippen molar-refractivity contribution in [1.82, 2.24) is 0 Å². The van der Waals surface area contributed by atoms with Crippen LogP contribution in [0.25, 0.3) is 0 Å². The number of carbonyl (C=O) groups is 2. The third-order valence-corrected chi connectivity index (χ3v) is 2.16. The van der Waals surface area contributed by atoms with E-state index in [4.69, 9.17) is 10.8 Å². The van der Waals surface area contributed by atoms with Crippen LogP contribution in [0.4, 0.5) is 10.5 Å². The van der Waals surface area contributed by atoms with Gasteiger partial charge in [0.05, 0.1) is 6.61 Å². The molecule has 92 valence electrons. The van der Waals surface area contributed by atoms with Gasteiger partial charge in [-0.05, 0) is 24.6 Å². The minimum Gasteiger partial charge on any atom is -0.447 e. The molecule has 6 nitrogen and oxygen atoms in total. The Kier molecular flexibility index (Phi) is 4.47. The highest BCUT2D eigenvalue weighted by Gasteiger charge is 2.10. The fraction of sp³-hybridized carbons (Fsp3) is 0.273. The molecule has 0 fully saturated rings. The second-order valence-electron chi connectivity index (χ2n) is 3.33. The summed E-state index contributed by atoms with van der Waals surface area (Å²) in [4.78, 5) is 22.3. The molecular weight excluding hydrogens is 224 g/mol. The zero-order valence-corrected chi connectivity index (χ0v) is 9.40. The molecule has 1 aromatic carbocycles. The second kappa shape index (κ2) is 5.86. The number of nitrogens with one attached hydrogen (secondary N) is 1. The summed E-state index contributed by atoms with van der Waals surface area (Å²) in [5.41, 5.74) is 6.54. The van der Waals surface area contributed by atoms with Crippen molar-refractivity contribution in [2.75, 3.05) is 18.5 Å². The molecule has 2 amide bonds. The molecule has 1 aromatic rings. The molecule has 6 heteroatoms. The molecule has 1 rings (SSSR count). The summed E-state index contributed by atoms with van der Waals surface area (Å²) in [6, 6.07) is 4.80. The van der Waals surface area contributed by atoms with E-state index in [9.17, 15) is 9.59 Å². The van der Waals surface area contributed by atoms with Crippen LogP contribution in [-0.4, -0.2) is 30.3 Å². The minimum atomic E-state index is -0.691. The van der Waals surface area contributed by atoms with Gasteiger partial charge in [-0.3, -0.25) is 10.1 Å². The Morgan fingerprint density at radius 3 is 2.76 bits per heavy atom. The normalized spacial score (nSPS) is 9.76. The number of carbonyl (C=O) groups excluding carboxylic acids is 2. The van der Waals surface area contributed by atoms with E-state index in [1.165, 1.54) is 0 Å². The quantitative estimate of drug-likeness (QED) is 0.716. The predicted octanol–water partition coefficient (Wildman–Crippen LogP) is 0.635. The number of rotatable bonds is 4. The number of anilines is 1. The van der Waals surface area contributed by atoms with Crippen molar-refractivity contribution < 1.29 is 19.4 Å². The van der Waals surface area contributed by atoms with Gasteiger partial charge in [0.2, 0.25) is 5.91 Å². The van der Waals surface area contributed by atoms with Crippen molar-refractivity contribution in [3.05, 3.63) is 29.3 Å². The van der Waals surface area contributed by atoms with Gasteiger partial charge in [0.1, 0.15) is 6.61 Å². The number of hydrogen-bond acceptors (Lipinski definition) is 4. The van der Waals surface area contributed by atoms with E-state index < -0.39 is 12.0 Å². The van der Waals surface area contributed by atoms with Crippen molar-refractivity contribution >= 4 is 17.7 Å². The highest BCUT2D eigenvalue weighted by molar-refractivity contribution is 5.97. The SMILES string of the molecule is Cc1c(NC(=O)OCCO)cccc1C(N)=O. The molecule has 0 atom stereocenters. The Morgan fingerprint density at radius 1 is 1.47 bits per heavy atom. The lowest BCUT2D eigenvalue weighted by atomic mass is 10.1. The molecule has 0 radical (unpaired) electrons. The van der Waals surface area contributed by atoms with Gasteiger partial charge in [-0.25, -0.2) is 4.79 Å². The van der Waals surface area contributed by atoms with Gasteiger partial charge in [-0.15, -0.1) is 0 Å². The van der Waals surface area contributed by atoms with Gasteiger partial charge >= 0.3 is 6.09 Å². The maximum Gasteiger partial charge on any atom is 0.411 e. The lowest BCUT2D eigenvalue weighted by molar-refractivity contribution is 0.0999. The zero-order chi connectivity index (χ0) is 12.8. The topological polar surface area (TPSA) is 102 Å². The third-order valence-electron chi connectivity index (χ3n) is 2.16. The Labute approximate surface area is 98.4 Å². The van der Waals surface area contributed by atoms with E-state index in [-0.39, 0.29) is 13.2 Å². The average Bonchev–Trinajstić information content (AvgIpc) is 2.28. The molecule has 4 N–H and O–H groups in total. The number of aliphatic hydroxyl groups is 1. The molecule has 0 saturated heterocycles. The fourth-order valence-electron chi connectivity index (χ4n) is 1.32. The first kappa shape index (κ1) is 13.0. The fourth-order valence-corrected chi connectivity index (χ4v) is 1.32. The molecule has 0 saturated carbocycles. The van der Waals surface area contributed by atoms with Crippen molar-refractivity contribution in [2.24, 2.45) is 5.73 Å². The molecular formula is C11H14N2O4. The number of hydrogen-bond donors (Lipinski definition) is 3.